The molecule has 1 aromatic carbocycles. The molecule has 0 spiro atoms. The number of nitrogens with zero attached hydrogens (tertiary/aromatic N) is 4. The summed E-state index contributed by atoms with van der Waals surface area (Å²) in [6, 6.07) is 14.1. The number of benzene rings is 1. The molecule has 4 rings (SSSR count). The highest BCUT2D eigenvalue weighted by Gasteiger charge is 2.30. The summed E-state index contributed by atoms with van der Waals surface area (Å²) in [5.41, 5.74) is 2.38. The van der Waals surface area contributed by atoms with Crippen molar-refractivity contribution in [1.29, 1.82) is 5.26 Å². The van der Waals surface area contributed by atoms with Crippen LogP contribution in [0.1, 0.15) is 24.0 Å². The van der Waals surface area contributed by atoms with Gasteiger partial charge < -0.3 is 5.32 Å². The number of thiophene rings is 1. The average molecular weight is 377 g/mol. The van der Waals surface area contributed by atoms with Crippen molar-refractivity contribution < 1.29 is 4.79 Å². The Morgan fingerprint density at radius 1 is 1.33 bits per heavy atom. The molecule has 0 radical (unpaired) electrons. The van der Waals surface area contributed by atoms with E-state index in [4.69, 9.17) is 0 Å². The Hall–Kier alpha value is -2.95. The van der Waals surface area contributed by atoms with Gasteiger partial charge in [-0.1, -0.05) is 18.2 Å². The molecule has 1 fully saturated rings. The predicted molar refractivity (Wildman–Crippen MR) is 105 cm³/mol. The van der Waals surface area contributed by atoms with Crippen LogP contribution in [-0.2, 0) is 11.3 Å². The van der Waals surface area contributed by atoms with Gasteiger partial charge in [-0.3, -0.25) is 9.69 Å². The monoisotopic (exact) mass is 377 g/mol. The maximum atomic E-state index is 12.7. The Morgan fingerprint density at radius 2 is 2.15 bits per heavy atom. The van der Waals surface area contributed by atoms with Gasteiger partial charge in [0.25, 0.3) is 0 Å². The molecule has 7 heteroatoms. The van der Waals surface area contributed by atoms with Crippen LogP contribution in [0.4, 0.5) is 5.82 Å². The van der Waals surface area contributed by atoms with Crippen LogP contribution in [0.3, 0.4) is 0 Å². The summed E-state index contributed by atoms with van der Waals surface area (Å²) in [6.07, 6.45) is 3.73. The molecule has 0 atom stereocenters. The summed E-state index contributed by atoms with van der Waals surface area (Å²) >= 11 is 1.67. The highest BCUT2D eigenvalue weighted by atomic mass is 32.1. The van der Waals surface area contributed by atoms with Crippen LogP contribution in [0.2, 0.25) is 0 Å². The number of anilines is 1. The minimum Gasteiger partial charge on any atom is -0.308 e. The molecule has 1 saturated carbocycles. The number of amides is 1. The van der Waals surface area contributed by atoms with Gasteiger partial charge in [-0.2, -0.15) is 21.7 Å². The van der Waals surface area contributed by atoms with E-state index in [1.807, 2.05) is 30.3 Å². The quantitative estimate of drug-likeness (QED) is 0.685. The van der Waals surface area contributed by atoms with E-state index >= 15 is 0 Å². The molecule has 0 unspecified atom stereocenters. The highest BCUT2D eigenvalue weighted by Crippen LogP contribution is 2.28. The summed E-state index contributed by atoms with van der Waals surface area (Å²) in [7, 11) is 0. The van der Waals surface area contributed by atoms with Gasteiger partial charge in [0.15, 0.2) is 5.82 Å². The van der Waals surface area contributed by atoms with E-state index in [9.17, 15) is 10.1 Å². The van der Waals surface area contributed by atoms with Crippen molar-refractivity contribution in [2.75, 3.05) is 11.9 Å². The van der Waals surface area contributed by atoms with E-state index in [2.05, 4.69) is 38.2 Å². The third kappa shape index (κ3) is 4.08. The first-order valence-electron chi connectivity index (χ1n) is 8.83. The fourth-order valence-electron chi connectivity index (χ4n) is 3.04. The molecule has 2 aromatic heterocycles. The molecular weight excluding hydrogens is 358 g/mol. The van der Waals surface area contributed by atoms with Crippen LogP contribution < -0.4 is 5.32 Å². The van der Waals surface area contributed by atoms with Crippen molar-refractivity contribution in [2.45, 2.75) is 25.4 Å². The van der Waals surface area contributed by atoms with Crippen LogP contribution in [0.15, 0.2) is 53.4 Å². The van der Waals surface area contributed by atoms with Crippen molar-refractivity contribution in [1.82, 2.24) is 14.7 Å². The van der Waals surface area contributed by atoms with Crippen molar-refractivity contribution >= 4 is 23.1 Å². The lowest BCUT2D eigenvalue weighted by molar-refractivity contribution is -0.117. The van der Waals surface area contributed by atoms with Gasteiger partial charge in [-0.25, -0.2) is 4.68 Å². The number of hydrogen-bond acceptors (Lipinski definition) is 5. The van der Waals surface area contributed by atoms with Crippen molar-refractivity contribution in [2.24, 2.45) is 0 Å². The number of carbonyl (C=O) groups excluding carboxylic acids is 1. The zero-order valence-electron chi connectivity index (χ0n) is 14.7. The van der Waals surface area contributed by atoms with Gasteiger partial charge in [0.05, 0.1) is 18.4 Å². The van der Waals surface area contributed by atoms with Crippen LogP contribution in [-0.4, -0.2) is 33.2 Å². The molecular formula is C20H19N5OS. The fourth-order valence-corrected chi connectivity index (χ4v) is 3.70. The zero-order valence-corrected chi connectivity index (χ0v) is 15.5. The third-order valence-corrected chi connectivity index (χ3v) is 5.26. The minimum atomic E-state index is -0.133. The van der Waals surface area contributed by atoms with Gasteiger partial charge >= 0.3 is 0 Å². The lowest BCUT2D eigenvalue weighted by atomic mass is 10.3. The number of para-hydroxylation sites is 1. The van der Waals surface area contributed by atoms with Crippen LogP contribution in [0.25, 0.3) is 5.69 Å². The minimum absolute atomic E-state index is 0.133. The fraction of sp³-hybridized carbons (Fsp3) is 0.250. The summed E-state index contributed by atoms with van der Waals surface area (Å²) < 4.78 is 1.59. The maximum Gasteiger partial charge on any atom is 0.239 e. The molecule has 0 bridgehead atoms. The zero-order chi connectivity index (χ0) is 18.6. The predicted octanol–water partition coefficient (Wildman–Crippen LogP) is 3.41. The Labute approximate surface area is 161 Å². The molecule has 1 amide bonds. The second kappa shape index (κ2) is 7.74. The summed E-state index contributed by atoms with van der Waals surface area (Å²) in [5, 5.41) is 20.7. The van der Waals surface area contributed by atoms with E-state index in [0.717, 1.165) is 25.1 Å². The Balaban J connectivity index is 1.51. The number of nitriles is 1. The Morgan fingerprint density at radius 3 is 2.81 bits per heavy atom. The number of nitrogens with one attached hydrogen (secondary N) is 1. The van der Waals surface area contributed by atoms with Gasteiger partial charge in [-0.15, -0.1) is 0 Å². The lowest BCUT2D eigenvalue weighted by Gasteiger charge is -2.21. The van der Waals surface area contributed by atoms with Crippen LogP contribution >= 0.6 is 11.3 Å². The molecule has 2 heterocycles. The topological polar surface area (TPSA) is 74.0 Å². The smallest absolute Gasteiger partial charge is 0.239 e. The SMILES string of the molecule is N#Cc1cnn(-c2ccccc2)c1NC(=O)CN(Cc1ccsc1)C1CC1. The average Bonchev–Trinajstić information content (AvgIpc) is 3.27. The van der Waals surface area contributed by atoms with Gasteiger partial charge in [-0.05, 0) is 47.4 Å². The lowest BCUT2D eigenvalue weighted by Crippen LogP contribution is -2.35. The van der Waals surface area contributed by atoms with Gasteiger partial charge in [0.1, 0.15) is 11.6 Å². The van der Waals surface area contributed by atoms with Crippen LogP contribution in [0, 0.1) is 11.3 Å². The molecule has 6 nitrogen and oxygen atoms in total. The van der Waals surface area contributed by atoms with E-state index in [0.29, 0.717) is 24.0 Å². The normalized spacial score (nSPS) is 13.5. The first-order valence-corrected chi connectivity index (χ1v) is 9.77. The van der Waals surface area contributed by atoms with E-state index in [-0.39, 0.29) is 5.91 Å². The Kier molecular flexibility index (Phi) is 5.01. The van der Waals surface area contributed by atoms with E-state index in [1.54, 1.807) is 16.0 Å². The Bertz CT molecular complexity index is 954. The van der Waals surface area contributed by atoms with E-state index < -0.39 is 0 Å². The number of hydrogen-bond donors (Lipinski definition) is 1. The molecule has 3 aromatic rings. The highest BCUT2D eigenvalue weighted by molar-refractivity contribution is 7.07. The number of rotatable bonds is 7. The molecule has 136 valence electrons. The van der Waals surface area contributed by atoms with Crippen molar-refractivity contribution in [3.63, 3.8) is 0 Å². The van der Waals surface area contributed by atoms with Gasteiger partial charge in [0.2, 0.25) is 5.91 Å². The number of aromatic nitrogens is 2. The summed E-state index contributed by atoms with van der Waals surface area (Å²) in [6.45, 7) is 1.07. The second-order valence-corrected chi connectivity index (χ2v) is 7.36. The van der Waals surface area contributed by atoms with Crippen LogP contribution in [0.5, 0.6) is 0 Å². The molecule has 0 saturated heterocycles. The van der Waals surface area contributed by atoms with Gasteiger partial charge in [0, 0.05) is 12.6 Å². The molecule has 1 N–H and O–H groups in total. The summed E-state index contributed by atoms with van der Waals surface area (Å²) in [5.74, 6) is 0.284. The standard InChI is InChI=1S/C20H19N5OS/c21-10-16-11-22-25(18-4-2-1-3-5-18)20(16)23-19(26)13-24(17-6-7-17)12-15-8-9-27-14-15/h1-5,8-9,11,14,17H,6-7,12-13H2,(H,23,26). The molecule has 0 aliphatic heterocycles. The van der Waals surface area contributed by atoms with E-state index in [1.165, 1.54) is 11.8 Å². The molecule has 27 heavy (non-hydrogen) atoms. The molecule has 1 aliphatic carbocycles. The second-order valence-electron chi connectivity index (χ2n) is 6.58. The largest absolute Gasteiger partial charge is 0.308 e. The first-order chi connectivity index (χ1) is 13.2. The third-order valence-electron chi connectivity index (χ3n) is 4.52. The number of carbonyl (C=O) groups is 1. The first kappa shape index (κ1) is 17.5. The van der Waals surface area contributed by atoms with Crippen molar-refractivity contribution in [3.8, 4) is 11.8 Å². The van der Waals surface area contributed by atoms with Crippen molar-refractivity contribution in [3.05, 3.63) is 64.5 Å². The molecule has 1 aliphatic rings. The maximum absolute atomic E-state index is 12.7. The summed E-state index contributed by atoms with van der Waals surface area (Å²) in [4.78, 5) is 14.9.